The number of amidine groups is 1. The van der Waals surface area contributed by atoms with Gasteiger partial charge in [-0.05, 0) is 38.1 Å². The van der Waals surface area contributed by atoms with Crippen LogP contribution in [0.15, 0.2) is 41.8 Å². The van der Waals surface area contributed by atoms with Gasteiger partial charge in [0.15, 0.2) is 0 Å². The van der Waals surface area contributed by atoms with Crippen LogP contribution in [0.25, 0.3) is 11.1 Å². The normalized spacial score (nSPS) is 20.9. The Morgan fingerprint density at radius 1 is 1.19 bits per heavy atom. The Morgan fingerprint density at radius 3 is 2.48 bits per heavy atom. The number of ether oxygens (including phenoxy) is 2. The van der Waals surface area contributed by atoms with Crippen LogP contribution in [0.5, 0.6) is 0 Å². The van der Waals surface area contributed by atoms with E-state index in [1.54, 1.807) is 23.6 Å². The third-order valence-corrected chi connectivity index (χ3v) is 8.50. The smallest absolute Gasteiger partial charge is 0.382 e. The molecule has 2 N–H and O–H groups in total. The monoisotopic (exact) mass is 612 g/mol. The third-order valence-electron chi connectivity index (χ3n) is 7.27. The maximum absolute atomic E-state index is 15.1. The number of nitrogens with zero attached hydrogens (tertiary/aromatic N) is 2. The number of anilines is 1. The summed E-state index contributed by atoms with van der Waals surface area (Å²) < 4.78 is 83.8. The van der Waals surface area contributed by atoms with E-state index in [9.17, 15) is 22.4 Å². The molecule has 42 heavy (non-hydrogen) atoms. The number of fused-ring (bicyclic) bond motifs is 1. The fourth-order valence-electron chi connectivity index (χ4n) is 5.42. The number of rotatable bonds is 7. The summed E-state index contributed by atoms with van der Waals surface area (Å²) in [5.74, 6) is -2.24. The lowest BCUT2D eigenvalue weighted by atomic mass is 9.93. The zero-order valence-corrected chi connectivity index (χ0v) is 24.3. The summed E-state index contributed by atoms with van der Waals surface area (Å²) in [7, 11) is 1.52. The Kier molecular flexibility index (Phi) is 9.84. The Hall–Kier alpha value is -3.16. The molecule has 2 aromatic carbocycles. The third kappa shape index (κ3) is 6.57. The number of hydrogen-bond acceptors (Lipinski definition) is 6. The quantitative estimate of drug-likeness (QED) is 0.139. The second-order valence-corrected chi connectivity index (χ2v) is 11.3. The van der Waals surface area contributed by atoms with Gasteiger partial charge in [0.25, 0.3) is 0 Å². The van der Waals surface area contributed by atoms with Gasteiger partial charge >= 0.3 is 6.18 Å². The predicted octanol–water partition coefficient (Wildman–Crippen LogP) is 5.63. The molecular weight excluding hydrogens is 579 g/mol. The van der Waals surface area contributed by atoms with Crippen molar-refractivity contribution >= 4 is 29.2 Å². The lowest BCUT2D eigenvalue weighted by Gasteiger charge is -2.45. The van der Waals surface area contributed by atoms with E-state index in [0.717, 1.165) is 30.0 Å². The van der Waals surface area contributed by atoms with Gasteiger partial charge in [0.2, 0.25) is 5.91 Å². The van der Waals surface area contributed by atoms with E-state index in [-0.39, 0.29) is 72.0 Å². The van der Waals surface area contributed by atoms with Gasteiger partial charge in [-0.15, -0.1) is 11.8 Å². The van der Waals surface area contributed by atoms with Gasteiger partial charge in [-0.25, -0.2) is 8.78 Å². The average molecular weight is 613 g/mol. The Bertz CT molecular complexity index is 1340. The van der Waals surface area contributed by atoms with Crippen LogP contribution in [-0.2, 0) is 20.4 Å². The molecule has 13 heteroatoms. The summed E-state index contributed by atoms with van der Waals surface area (Å²) in [6.07, 6.45) is -4.13. The molecule has 0 bridgehead atoms. The van der Waals surface area contributed by atoms with Gasteiger partial charge in [0.1, 0.15) is 17.5 Å². The Balaban J connectivity index is 1.85. The Labute approximate surface area is 245 Å². The number of carbonyl (C=O) groups is 1. The second kappa shape index (κ2) is 13.0. The minimum atomic E-state index is -4.92. The van der Waals surface area contributed by atoms with Crippen molar-refractivity contribution in [3.8, 4) is 11.1 Å². The highest BCUT2D eigenvalue weighted by molar-refractivity contribution is 7.99. The lowest BCUT2D eigenvalue weighted by Crippen LogP contribution is -2.59. The molecule has 228 valence electrons. The lowest BCUT2D eigenvalue weighted by molar-refractivity contribution is -0.137. The molecule has 2 aliphatic rings. The SMILES string of the molecule is C=CC(=O)N1[C@H](C)CN(C(=N)c2cc(C(F)(F)F)c(-c3ccc(F)cc3F)c3c2NCC(OCCOC)CS3)C[C@@H]1C. The van der Waals surface area contributed by atoms with E-state index >= 15 is 4.39 Å². The summed E-state index contributed by atoms with van der Waals surface area (Å²) in [5.41, 5.74) is -1.74. The number of carbonyl (C=O) groups excluding carboxylic acids is 1. The van der Waals surface area contributed by atoms with Gasteiger partial charge < -0.3 is 24.6 Å². The van der Waals surface area contributed by atoms with Crippen molar-refractivity contribution in [2.75, 3.05) is 51.0 Å². The maximum Gasteiger partial charge on any atom is 0.417 e. The first-order valence-corrected chi connectivity index (χ1v) is 14.3. The standard InChI is InChI=1S/C29H33F5N4O3S/c1-5-24(39)38-16(2)13-37(14-17(38)3)28(35)21-11-22(29(32,33)34)25(20-7-6-18(30)10-23(20)31)27-26(21)36-12-19(15-42-27)41-9-8-40-4/h5-7,10-11,16-17,19,35-36H,1,8-9,12-15H2,2-4H3/t16-,17+,19?. The van der Waals surface area contributed by atoms with Crippen molar-refractivity contribution in [1.82, 2.24) is 9.80 Å². The van der Waals surface area contributed by atoms with Gasteiger partial charge in [-0.2, -0.15) is 13.2 Å². The molecule has 1 unspecified atom stereocenters. The van der Waals surface area contributed by atoms with Crippen LogP contribution in [-0.4, -0.2) is 85.4 Å². The minimum absolute atomic E-state index is 0.0171. The first kappa shape index (κ1) is 31.8. The number of hydrogen-bond donors (Lipinski definition) is 2. The van der Waals surface area contributed by atoms with Crippen LogP contribution >= 0.6 is 11.8 Å². The summed E-state index contributed by atoms with van der Waals surface area (Å²) in [6.45, 7) is 8.37. The van der Waals surface area contributed by atoms with Gasteiger partial charge in [-0.1, -0.05) is 6.58 Å². The van der Waals surface area contributed by atoms with Crippen LogP contribution < -0.4 is 5.32 Å². The number of amides is 1. The molecule has 1 amide bonds. The topological polar surface area (TPSA) is 77.9 Å². The average Bonchev–Trinajstić information content (AvgIpc) is 3.14. The summed E-state index contributed by atoms with van der Waals surface area (Å²) in [6, 6.07) is 2.64. The predicted molar refractivity (Wildman–Crippen MR) is 152 cm³/mol. The molecule has 2 aliphatic heterocycles. The zero-order chi connectivity index (χ0) is 30.8. The number of alkyl halides is 3. The minimum Gasteiger partial charge on any atom is -0.382 e. The fourth-order valence-corrected chi connectivity index (χ4v) is 6.68. The van der Waals surface area contributed by atoms with Crippen molar-refractivity contribution in [3.63, 3.8) is 0 Å². The molecule has 1 fully saturated rings. The molecule has 2 heterocycles. The van der Waals surface area contributed by atoms with E-state index in [4.69, 9.17) is 14.9 Å². The van der Waals surface area contributed by atoms with E-state index in [1.807, 2.05) is 0 Å². The Morgan fingerprint density at radius 2 is 1.88 bits per heavy atom. The molecule has 0 spiro atoms. The van der Waals surface area contributed by atoms with Crippen molar-refractivity contribution in [3.05, 3.63) is 59.7 Å². The molecule has 0 saturated carbocycles. The zero-order valence-electron chi connectivity index (χ0n) is 23.5. The molecule has 1 saturated heterocycles. The van der Waals surface area contributed by atoms with E-state index in [1.165, 1.54) is 13.2 Å². The highest BCUT2D eigenvalue weighted by Crippen LogP contribution is 2.49. The number of benzene rings is 2. The molecule has 0 aromatic heterocycles. The van der Waals surface area contributed by atoms with Crippen LogP contribution in [0.2, 0.25) is 0 Å². The summed E-state index contributed by atoms with van der Waals surface area (Å²) >= 11 is 1.06. The molecule has 0 aliphatic carbocycles. The molecule has 2 aromatic rings. The van der Waals surface area contributed by atoms with E-state index in [0.29, 0.717) is 12.7 Å². The number of methoxy groups -OCH3 is 1. The number of nitrogens with one attached hydrogen (secondary N) is 2. The molecule has 3 atom stereocenters. The van der Waals surface area contributed by atoms with Crippen LogP contribution in [0, 0.1) is 17.0 Å². The van der Waals surface area contributed by atoms with Crippen molar-refractivity contribution in [2.45, 2.75) is 43.1 Å². The van der Waals surface area contributed by atoms with Gasteiger partial charge in [0, 0.05) is 72.2 Å². The first-order chi connectivity index (χ1) is 19.9. The van der Waals surface area contributed by atoms with Crippen molar-refractivity contribution in [2.24, 2.45) is 0 Å². The van der Waals surface area contributed by atoms with Crippen LogP contribution in [0.3, 0.4) is 0 Å². The van der Waals surface area contributed by atoms with Crippen LogP contribution in [0.1, 0.15) is 25.0 Å². The first-order valence-electron chi connectivity index (χ1n) is 13.4. The molecule has 4 rings (SSSR count). The highest BCUT2D eigenvalue weighted by Gasteiger charge is 2.40. The number of halogens is 5. The van der Waals surface area contributed by atoms with Gasteiger partial charge in [-0.3, -0.25) is 10.2 Å². The summed E-state index contributed by atoms with van der Waals surface area (Å²) in [4.78, 5) is 15.8. The number of thioether (sulfide) groups is 1. The molecular formula is C29H33F5N4O3S. The highest BCUT2D eigenvalue weighted by atomic mass is 32.2. The van der Waals surface area contributed by atoms with E-state index in [2.05, 4.69) is 11.9 Å². The van der Waals surface area contributed by atoms with E-state index < -0.39 is 40.6 Å². The molecule has 0 radical (unpaired) electrons. The summed E-state index contributed by atoms with van der Waals surface area (Å²) in [5, 5.41) is 12.3. The second-order valence-electron chi connectivity index (χ2n) is 10.3. The van der Waals surface area contributed by atoms with Crippen molar-refractivity contribution < 1.29 is 36.2 Å². The van der Waals surface area contributed by atoms with Crippen molar-refractivity contribution in [1.29, 1.82) is 5.41 Å². The molecule has 7 nitrogen and oxygen atoms in total. The number of piperazine rings is 1. The van der Waals surface area contributed by atoms with Crippen LogP contribution in [0.4, 0.5) is 27.6 Å². The van der Waals surface area contributed by atoms with Gasteiger partial charge in [0.05, 0.1) is 30.6 Å². The maximum atomic E-state index is 15.1. The fraction of sp³-hybridized carbons (Fsp3) is 0.448. The largest absolute Gasteiger partial charge is 0.417 e.